The van der Waals surface area contributed by atoms with Crippen molar-refractivity contribution >= 4 is 17.2 Å². The fourth-order valence-corrected chi connectivity index (χ4v) is 2.07. The average molecular weight is 282 g/mol. The number of nitrogen functional groups attached to an aromatic ring is 1. The first-order valence-electron chi connectivity index (χ1n) is 6.40. The van der Waals surface area contributed by atoms with E-state index in [4.69, 9.17) is 10.3 Å². The van der Waals surface area contributed by atoms with Crippen LogP contribution in [0.4, 0.5) is 17.2 Å². The van der Waals surface area contributed by atoms with Crippen LogP contribution in [-0.4, -0.2) is 15.4 Å². The number of aromatic amines is 1. The Morgan fingerprint density at radius 2 is 1.90 bits per heavy atom. The number of H-pyrrole nitrogens is 1. The smallest absolute Gasteiger partial charge is 0.173 e. The number of hydrogen-bond acceptors (Lipinski definition) is 6. The summed E-state index contributed by atoms with van der Waals surface area (Å²) in [6, 6.07) is 9.41. The fraction of sp³-hybridized carbons (Fsp3) is 0.143. The number of nitrogens with two attached hydrogens (primary N) is 1. The summed E-state index contributed by atoms with van der Waals surface area (Å²) in [6.07, 6.45) is 0. The third-order valence-corrected chi connectivity index (χ3v) is 3.07. The molecule has 2 aromatic heterocycles. The van der Waals surface area contributed by atoms with Crippen molar-refractivity contribution in [1.29, 1.82) is 0 Å². The third kappa shape index (κ3) is 2.40. The number of nitrogens with one attached hydrogen (secondary N) is 1. The Hall–Kier alpha value is -2.96. The van der Waals surface area contributed by atoms with Crippen molar-refractivity contribution in [2.45, 2.75) is 13.8 Å². The molecule has 0 saturated carbocycles. The summed E-state index contributed by atoms with van der Waals surface area (Å²) >= 11 is 0. The lowest BCUT2D eigenvalue weighted by atomic mass is 10.1. The summed E-state index contributed by atoms with van der Waals surface area (Å²) in [7, 11) is 0. The molecule has 7 heteroatoms. The number of aryl methyl sites for hydroxylation is 2. The van der Waals surface area contributed by atoms with Crippen molar-refractivity contribution in [1.82, 2.24) is 15.4 Å². The Morgan fingerprint density at radius 1 is 1.14 bits per heavy atom. The van der Waals surface area contributed by atoms with Gasteiger partial charge in [0.1, 0.15) is 11.5 Å². The molecule has 0 aliphatic rings. The minimum Gasteiger partial charge on any atom is -0.380 e. The van der Waals surface area contributed by atoms with Gasteiger partial charge in [-0.1, -0.05) is 23.4 Å². The highest BCUT2D eigenvalue weighted by molar-refractivity contribution is 5.81. The second kappa shape index (κ2) is 5.20. The Balaban J connectivity index is 2.04. The van der Waals surface area contributed by atoms with Crippen molar-refractivity contribution in [2.24, 2.45) is 10.2 Å². The molecule has 106 valence electrons. The monoisotopic (exact) mass is 282 g/mol. The second-order valence-corrected chi connectivity index (χ2v) is 4.57. The van der Waals surface area contributed by atoms with Crippen LogP contribution in [0.3, 0.4) is 0 Å². The van der Waals surface area contributed by atoms with E-state index in [2.05, 4.69) is 25.6 Å². The number of hydrogen-bond donors (Lipinski definition) is 2. The molecule has 0 saturated heterocycles. The quantitative estimate of drug-likeness (QED) is 0.714. The highest BCUT2D eigenvalue weighted by atomic mass is 16.5. The molecular formula is C14H14N6O. The normalized spacial score (nSPS) is 11.3. The largest absolute Gasteiger partial charge is 0.380 e. The minimum atomic E-state index is 0.282. The van der Waals surface area contributed by atoms with Gasteiger partial charge in [-0.25, -0.2) is 0 Å². The van der Waals surface area contributed by atoms with Crippen LogP contribution in [0.5, 0.6) is 0 Å². The molecule has 0 atom stereocenters. The van der Waals surface area contributed by atoms with Crippen LogP contribution >= 0.6 is 0 Å². The van der Waals surface area contributed by atoms with Gasteiger partial charge < -0.3 is 10.3 Å². The van der Waals surface area contributed by atoms with Crippen LogP contribution in [0.25, 0.3) is 11.3 Å². The first-order valence-corrected chi connectivity index (χ1v) is 6.40. The van der Waals surface area contributed by atoms with Gasteiger partial charge in [0.2, 0.25) is 0 Å². The number of aromatic nitrogens is 3. The Morgan fingerprint density at radius 3 is 2.57 bits per heavy atom. The van der Waals surface area contributed by atoms with E-state index in [1.807, 2.05) is 44.2 Å². The van der Waals surface area contributed by atoms with Crippen molar-refractivity contribution in [3.63, 3.8) is 0 Å². The van der Waals surface area contributed by atoms with Crippen molar-refractivity contribution in [2.75, 3.05) is 5.73 Å². The SMILES string of the molecule is Cc1noc(C)c1-c1[nH]nc(N)c1N=Nc1ccccc1. The summed E-state index contributed by atoms with van der Waals surface area (Å²) in [5.74, 6) is 0.956. The summed E-state index contributed by atoms with van der Waals surface area (Å²) in [5.41, 5.74) is 9.29. The number of rotatable bonds is 3. The van der Waals surface area contributed by atoms with Crippen LogP contribution < -0.4 is 5.73 Å². The standard InChI is InChI=1S/C14H14N6O/c1-8-11(9(2)21-20-8)12-13(14(15)19-17-12)18-16-10-6-4-3-5-7-10/h3-7H,1-2H3,(H3,15,17,19). The Kier molecular flexibility index (Phi) is 3.23. The molecule has 0 spiro atoms. The van der Waals surface area contributed by atoms with Crippen LogP contribution in [0.15, 0.2) is 45.1 Å². The highest BCUT2D eigenvalue weighted by Crippen LogP contribution is 2.37. The lowest BCUT2D eigenvalue weighted by Gasteiger charge is -1.98. The maximum absolute atomic E-state index is 5.86. The predicted molar refractivity (Wildman–Crippen MR) is 78.6 cm³/mol. The topological polar surface area (TPSA) is 105 Å². The molecule has 0 radical (unpaired) electrons. The molecule has 3 N–H and O–H groups in total. The lowest BCUT2D eigenvalue weighted by Crippen LogP contribution is -1.84. The maximum Gasteiger partial charge on any atom is 0.173 e. The minimum absolute atomic E-state index is 0.282. The molecule has 21 heavy (non-hydrogen) atoms. The predicted octanol–water partition coefficient (Wildman–Crippen LogP) is 3.68. The zero-order valence-electron chi connectivity index (χ0n) is 11.7. The number of anilines is 1. The van der Waals surface area contributed by atoms with Gasteiger partial charge in [-0.3, -0.25) is 5.10 Å². The van der Waals surface area contributed by atoms with Gasteiger partial charge in [-0.2, -0.15) is 10.2 Å². The third-order valence-electron chi connectivity index (χ3n) is 3.07. The van der Waals surface area contributed by atoms with Crippen LogP contribution in [-0.2, 0) is 0 Å². The van der Waals surface area contributed by atoms with Crippen molar-refractivity contribution < 1.29 is 4.52 Å². The average Bonchev–Trinajstić information content (AvgIpc) is 3.01. The number of nitrogens with zero attached hydrogens (tertiary/aromatic N) is 4. The Labute approximate surface area is 120 Å². The molecule has 7 nitrogen and oxygen atoms in total. The van der Waals surface area contributed by atoms with Crippen LogP contribution in [0.1, 0.15) is 11.5 Å². The van der Waals surface area contributed by atoms with Gasteiger partial charge in [0, 0.05) is 0 Å². The molecule has 3 rings (SSSR count). The number of azo groups is 1. The summed E-state index contributed by atoms with van der Waals surface area (Å²) < 4.78 is 5.17. The molecule has 0 bridgehead atoms. The van der Waals surface area contributed by atoms with E-state index < -0.39 is 0 Å². The zero-order chi connectivity index (χ0) is 14.8. The molecule has 0 unspecified atom stereocenters. The Bertz CT molecular complexity index is 768. The molecule has 0 aliphatic heterocycles. The van der Waals surface area contributed by atoms with Crippen molar-refractivity contribution in [3.05, 3.63) is 41.8 Å². The van der Waals surface area contributed by atoms with Gasteiger partial charge in [-0.05, 0) is 26.0 Å². The molecular weight excluding hydrogens is 268 g/mol. The van der Waals surface area contributed by atoms with Gasteiger partial charge in [0.05, 0.1) is 16.9 Å². The zero-order valence-corrected chi connectivity index (χ0v) is 11.7. The molecule has 3 aromatic rings. The summed E-state index contributed by atoms with van der Waals surface area (Å²) in [4.78, 5) is 0. The first kappa shape index (κ1) is 13.0. The molecule has 0 amide bonds. The molecule has 0 aliphatic carbocycles. The van der Waals surface area contributed by atoms with E-state index >= 15 is 0 Å². The van der Waals surface area contributed by atoms with E-state index in [-0.39, 0.29) is 5.82 Å². The van der Waals surface area contributed by atoms with Crippen LogP contribution in [0, 0.1) is 13.8 Å². The van der Waals surface area contributed by atoms with E-state index in [9.17, 15) is 0 Å². The van der Waals surface area contributed by atoms with Gasteiger partial charge in [0.15, 0.2) is 11.5 Å². The molecule has 0 fully saturated rings. The highest BCUT2D eigenvalue weighted by Gasteiger charge is 2.19. The van der Waals surface area contributed by atoms with Gasteiger partial charge >= 0.3 is 0 Å². The fourth-order valence-electron chi connectivity index (χ4n) is 2.07. The van der Waals surface area contributed by atoms with E-state index in [1.54, 1.807) is 0 Å². The number of benzene rings is 1. The lowest BCUT2D eigenvalue weighted by molar-refractivity contribution is 0.393. The van der Waals surface area contributed by atoms with E-state index in [0.717, 1.165) is 16.9 Å². The first-order chi connectivity index (χ1) is 10.2. The van der Waals surface area contributed by atoms with Gasteiger partial charge in [0.25, 0.3) is 0 Å². The second-order valence-electron chi connectivity index (χ2n) is 4.57. The van der Waals surface area contributed by atoms with Gasteiger partial charge in [-0.15, -0.1) is 5.11 Å². The summed E-state index contributed by atoms with van der Waals surface area (Å²) in [6.45, 7) is 3.67. The molecule has 1 aromatic carbocycles. The van der Waals surface area contributed by atoms with Crippen molar-refractivity contribution in [3.8, 4) is 11.3 Å². The van der Waals surface area contributed by atoms with Crippen LogP contribution in [0.2, 0.25) is 0 Å². The van der Waals surface area contributed by atoms with E-state index in [1.165, 1.54) is 0 Å². The molecule has 2 heterocycles. The maximum atomic E-state index is 5.86. The van der Waals surface area contributed by atoms with E-state index in [0.29, 0.717) is 17.1 Å². The summed E-state index contributed by atoms with van der Waals surface area (Å²) in [5, 5.41) is 19.2.